The molecule has 282 valence electrons. The molecule has 0 saturated carbocycles. The van der Waals surface area contributed by atoms with E-state index >= 15 is 0 Å². The van der Waals surface area contributed by atoms with E-state index in [0.29, 0.717) is 50.6 Å². The smallest absolute Gasteiger partial charge is 0.335 e. The van der Waals surface area contributed by atoms with Gasteiger partial charge in [0.2, 0.25) is 5.91 Å². The summed E-state index contributed by atoms with van der Waals surface area (Å²) in [5, 5.41) is 2.96. The summed E-state index contributed by atoms with van der Waals surface area (Å²) >= 11 is 0. The van der Waals surface area contributed by atoms with Crippen LogP contribution in [-0.2, 0) is 29.7 Å². The topological polar surface area (TPSA) is 52.7 Å². The Morgan fingerprint density at radius 3 is 1.83 bits per heavy atom. The first kappa shape index (κ1) is 39.1. The number of carbonyl (C=O) groups excluding carboxylic acids is 2. The van der Waals surface area contributed by atoms with Gasteiger partial charge in [-0.3, -0.25) is 14.5 Å². The first-order chi connectivity index (χ1) is 24.2. The average molecular weight is 746 g/mol. The number of aryl methyl sites for hydroxylation is 2. The number of hydrogen-bond donors (Lipinski definition) is 1. The molecule has 0 aromatic heterocycles. The molecule has 0 unspecified atom stereocenters. The number of carbonyl (C=O) groups is 2. The van der Waals surface area contributed by atoms with Crippen molar-refractivity contribution >= 4 is 17.5 Å². The molecule has 2 aliphatic heterocycles. The number of halogens is 10. The summed E-state index contributed by atoms with van der Waals surface area (Å²) < 4.78 is 137. The predicted molar refractivity (Wildman–Crippen MR) is 173 cm³/mol. The number of nitrogens with one attached hydrogen (secondary N) is 1. The van der Waals surface area contributed by atoms with Crippen molar-refractivity contribution in [2.24, 2.45) is 11.8 Å². The average Bonchev–Trinajstić information content (AvgIpc) is 3.05. The minimum Gasteiger partial charge on any atom is -0.335 e. The summed E-state index contributed by atoms with van der Waals surface area (Å²) in [6.07, 6.45) is -13.8. The van der Waals surface area contributed by atoms with E-state index in [1.807, 2.05) is 36.9 Å². The van der Waals surface area contributed by atoms with E-state index in [4.69, 9.17) is 0 Å². The Kier molecular flexibility index (Phi) is 11.3. The van der Waals surface area contributed by atoms with Crippen molar-refractivity contribution in [2.75, 3.05) is 31.5 Å². The Hall–Kier alpha value is -4.14. The maximum atomic E-state index is 14.4. The van der Waals surface area contributed by atoms with Crippen LogP contribution in [0.3, 0.4) is 0 Å². The lowest BCUT2D eigenvalue weighted by molar-refractivity contribution is -0.143. The quantitative estimate of drug-likeness (QED) is 0.246. The summed E-state index contributed by atoms with van der Waals surface area (Å²) in [5.74, 6) is -2.56. The van der Waals surface area contributed by atoms with Crippen LogP contribution in [-0.4, -0.2) is 53.8 Å². The van der Waals surface area contributed by atoms with Crippen LogP contribution >= 0.6 is 0 Å². The van der Waals surface area contributed by atoms with Crippen LogP contribution in [0, 0.1) is 31.5 Å². The number of alkyl halides is 9. The number of para-hydroxylation sites is 1. The number of benzene rings is 3. The van der Waals surface area contributed by atoms with Crippen LogP contribution in [0.2, 0.25) is 0 Å². The van der Waals surface area contributed by atoms with Gasteiger partial charge in [0.05, 0.1) is 23.2 Å². The van der Waals surface area contributed by atoms with Crippen molar-refractivity contribution in [3.05, 3.63) is 99.4 Å². The monoisotopic (exact) mass is 745 g/mol. The van der Waals surface area contributed by atoms with Gasteiger partial charge in [-0.25, -0.2) is 4.39 Å². The van der Waals surface area contributed by atoms with E-state index in [2.05, 4.69) is 5.32 Å². The van der Waals surface area contributed by atoms with Gasteiger partial charge in [-0.05, 0) is 124 Å². The molecule has 0 aliphatic carbocycles. The maximum Gasteiger partial charge on any atom is 0.416 e. The summed E-state index contributed by atoms with van der Waals surface area (Å²) in [6, 6.07) is 7.19. The minimum atomic E-state index is -5.20. The fraction of sp³-hybridized carbons (Fsp3) is 0.459. The highest BCUT2D eigenvalue weighted by Crippen LogP contribution is 2.40. The van der Waals surface area contributed by atoms with Crippen molar-refractivity contribution in [3.63, 3.8) is 0 Å². The third-order valence-corrected chi connectivity index (χ3v) is 10.0. The van der Waals surface area contributed by atoms with Crippen molar-refractivity contribution < 1.29 is 53.5 Å². The highest BCUT2D eigenvalue weighted by atomic mass is 19.4. The molecule has 3 aromatic carbocycles. The molecule has 2 atom stereocenters. The third-order valence-electron chi connectivity index (χ3n) is 10.0. The molecule has 2 amide bonds. The number of anilines is 1. The van der Waals surface area contributed by atoms with E-state index in [9.17, 15) is 53.5 Å². The second kappa shape index (κ2) is 15.1. The Morgan fingerprint density at radius 1 is 0.731 bits per heavy atom. The van der Waals surface area contributed by atoms with Crippen molar-refractivity contribution in [2.45, 2.75) is 70.5 Å². The van der Waals surface area contributed by atoms with E-state index in [0.717, 1.165) is 33.8 Å². The number of likely N-dealkylation sites (tertiary alicyclic amines) is 2. The van der Waals surface area contributed by atoms with Crippen LogP contribution in [0.15, 0.2) is 54.6 Å². The molecular weight excluding hydrogens is 708 g/mol. The second-order valence-electron chi connectivity index (χ2n) is 13.7. The van der Waals surface area contributed by atoms with Gasteiger partial charge in [0.1, 0.15) is 5.82 Å². The molecule has 2 heterocycles. The molecule has 2 aliphatic rings. The fourth-order valence-electron chi connectivity index (χ4n) is 7.40. The largest absolute Gasteiger partial charge is 0.416 e. The number of nitrogens with zero attached hydrogens (tertiary/aromatic N) is 2. The highest BCUT2D eigenvalue weighted by Gasteiger charge is 2.41. The van der Waals surface area contributed by atoms with Gasteiger partial charge < -0.3 is 10.2 Å². The Morgan fingerprint density at radius 2 is 1.27 bits per heavy atom. The van der Waals surface area contributed by atoms with E-state index in [-0.39, 0.29) is 55.3 Å². The van der Waals surface area contributed by atoms with Crippen molar-refractivity contribution in [3.8, 4) is 0 Å². The molecule has 5 rings (SSSR count). The summed E-state index contributed by atoms with van der Waals surface area (Å²) in [6.45, 7) is 4.95. The molecule has 2 saturated heterocycles. The van der Waals surface area contributed by atoms with Crippen LogP contribution in [0.5, 0.6) is 0 Å². The van der Waals surface area contributed by atoms with Crippen LogP contribution in [0.4, 0.5) is 49.6 Å². The molecule has 0 bridgehead atoms. The Bertz CT molecular complexity index is 1730. The molecule has 1 N–H and O–H groups in total. The molecule has 15 heteroatoms. The Balaban J connectivity index is 1.35. The normalized spacial score (nSPS) is 19.5. The molecule has 52 heavy (non-hydrogen) atoms. The van der Waals surface area contributed by atoms with Crippen LogP contribution in [0.25, 0.3) is 0 Å². The summed E-state index contributed by atoms with van der Waals surface area (Å²) in [5.41, 5.74) is -3.02. The van der Waals surface area contributed by atoms with Crippen molar-refractivity contribution in [1.82, 2.24) is 9.80 Å². The zero-order valence-electron chi connectivity index (χ0n) is 28.3. The van der Waals surface area contributed by atoms with Crippen molar-refractivity contribution in [1.29, 1.82) is 0 Å². The van der Waals surface area contributed by atoms with Gasteiger partial charge in [-0.1, -0.05) is 18.2 Å². The van der Waals surface area contributed by atoms with Gasteiger partial charge >= 0.3 is 18.5 Å². The van der Waals surface area contributed by atoms with Gasteiger partial charge in [0.25, 0.3) is 5.91 Å². The molecule has 0 spiro atoms. The molecule has 5 nitrogen and oxygen atoms in total. The first-order valence-corrected chi connectivity index (χ1v) is 16.7. The van der Waals surface area contributed by atoms with E-state index in [1.54, 1.807) is 0 Å². The molecule has 0 radical (unpaired) electrons. The predicted octanol–water partition coefficient (Wildman–Crippen LogP) is 9.31. The fourth-order valence-corrected chi connectivity index (χ4v) is 7.40. The van der Waals surface area contributed by atoms with Gasteiger partial charge in [-0.15, -0.1) is 0 Å². The van der Waals surface area contributed by atoms with Crippen LogP contribution < -0.4 is 5.32 Å². The molecular formula is C37H37F10N3O2. The number of rotatable bonds is 7. The summed E-state index contributed by atoms with van der Waals surface area (Å²) in [7, 11) is 0. The van der Waals surface area contributed by atoms with Gasteiger partial charge in [0.15, 0.2) is 0 Å². The van der Waals surface area contributed by atoms with Gasteiger partial charge in [-0.2, -0.15) is 39.5 Å². The first-order valence-electron chi connectivity index (χ1n) is 16.7. The lowest BCUT2D eigenvalue weighted by Gasteiger charge is -2.44. The highest BCUT2D eigenvalue weighted by molar-refractivity contribution is 5.95. The SMILES string of the molecule is Cc1cccc(C)c1NC(=O)CN1CCC([C@@H]2CCN(C(=O)c3cc(C(F)(F)F)cc(C(F)(F)F)c3)[C@@H](Cc3cc(F)cc(C(F)(F)F)c3)C2)CC1. The number of hydrogen-bond acceptors (Lipinski definition) is 3. The zero-order valence-corrected chi connectivity index (χ0v) is 28.3. The number of amides is 2. The lowest BCUT2D eigenvalue weighted by atomic mass is 9.75. The van der Waals surface area contributed by atoms with Crippen LogP contribution in [0.1, 0.15) is 69.4 Å². The van der Waals surface area contributed by atoms with E-state index < -0.39 is 58.5 Å². The number of piperidine rings is 2. The van der Waals surface area contributed by atoms with Gasteiger partial charge in [0, 0.05) is 23.8 Å². The molecule has 3 aromatic rings. The Labute approximate surface area is 294 Å². The third kappa shape index (κ3) is 9.44. The maximum absolute atomic E-state index is 14.4. The molecule has 2 fully saturated rings. The standard InChI is InChI=1S/C37H37F10N3O2/c1-21-4-3-5-22(2)33(21)48-32(51)20-49-9-6-24(7-10-49)25-8-11-50(31(17-25)14-23-12-27(35(39,40)41)19-30(38)13-23)34(52)26-15-28(36(42,43)44)18-29(16-26)37(45,46)47/h3-5,12-13,15-16,18-19,24-25,31H,6-11,14,17,20H2,1-2H3,(H,48,51)/t25-,31+/m1/s1. The van der Waals surface area contributed by atoms with E-state index in [1.165, 1.54) is 0 Å². The zero-order chi connectivity index (χ0) is 38.2. The minimum absolute atomic E-state index is 0.0568. The lowest BCUT2D eigenvalue weighted by Crippen LogP contribution is -2.49. The second-order valence-corrected chi connectivity index (χ2v) is 13.7. The summed E-state index contributed by atoms with van der Waals surface area (Å²) in [4.78, 5) is 29.7.